The number of hydrogen-bond acceptors (Lipinski definition) is 3. The van der Waals surface area contributed by atoms with Crippen LogP contribution in [0.25, 0.3) is 22.8 Å². The summed E-state index contributed by atoms with van der Waals surface area (Å²) >= 11 is 0. The van der Waals surface area contributed by atoms with Gasteiger partial charge in [-0.15, -0.1) is 0 Å². The maximum absolute atomic E-state index is 5.36. The molecule has 0 radical (unpaired) electrons. The van der Waals surface area contributed by atoms with Crippen molar-refractivity contribution in [2.24, 2.45) is 22.7 Å². The number of nitrogens with zero attached hydrogens (tertiary/aromatic N) is 3. The summed E-state index contributed by atoms with van der Waals surface area (Å²) in [4.78, 5) is 15.9. The number of hydrogen-bond donors (Lipinski definition) is 0. The lowest BCUT2D eigenvalue weighted by molar-refractivity contribution is -0.0102. The van der Waals surface area contributed by atoms with Crippen molar-refractivity contribution < 1.29 is 0 Å². The molecule has 2 saturated carbocycles. The topological polar surface area (TPSA) is 38.7 Å². The van der Waals surface area contributed by atoms with E-state index in [4.69, 9.17) is 15.0 Å². The van der Waals surface area contributed by atoms with Gasteiger partial charge in [0.1, 0.15) is 0 Å². The number of unbranched alkanes of at least 4 members (excludes halogenated alkanes) is 2. The van der Waals surface area contributed by atoms with Crippen molar-refractivity contribution >= 4 is 0 Å². The number of rotatable bonds is 8. The van der Waals surface area contributed by atoms with Crippen LogP contribution < -0.4 is 0 Å². The molecule has 40 heavy (non-hydrogen) atoms. The van der Waals surface area contributed by atoms with Crippen LogP contribution in [-0.4, -0.2) is 15.0 Å². The third-order valence-corrected chi connectivity index (χ3v) is 12.0. The minimum absolute atomic E-state index is 0.398. The van der Waals surface area contributed by atoms with Gasteiger partial charge in [0.2, 0.25) is 0 Å². The Morgan fingerprint density at radius 2 is 1.02 bits per heavy atom. The standard InChI is InChI=1S/C37H47N3/c1-7-9-12-22-26-20-28(36(26,3)4)24-16-18-32(39-34(22)24)30-14-11-15-31(38-30)33-19-17-25-29-21-27(37(29,5)6)23(13-10-8-2)35(25)40-33/h11,14-19,22-23,26-29H,7-10,12-13,20-21H2,1-6H3/t22-,23-,26+,27+,28-,29-/m1/s1. The van der Waals surface area contributed by atoms with Crippen LogP contribution in [0.2, 0.25) is 0 Å². The van der Waals surface area contributed by atoms with Gasteiger partial charge in [-0.2, -0.15) is 0 Å². The maximum Gasteiger partial charge on any atom is 0.0894 e. The summed E-state index contributed by atoms with van der Waals surface area (Å²) in [5.41, 5.74) is 10.5. The second kappa shape index (κ2) is 9.50. The van der Waals surface area contributed by atoms with Crippen molar-refractivity contribution in [3.05, 3.63) is 65.0 Å². The van der Waals surface area contributed by atoms with E-state index in [2.05, 4.69) is 84.0 Å². The van der Waals surface area contributed by atoms with Gasteiger partial charge in [0, 0.05) is 23.2 Å². The third kappa shape index (κ3) is 3.78. The fourth-order valence-corrected chi connectivity index (χ4v) is 9.40. The van der Waals surface area contributed by atoms with Gasteiger partial charge < -0.3 is 0 Å². The fraction of sp³-hybridized carbons (Fsp3) is 0.595. The van der Waals surface area contributed by atoms with E-state index < -0.39 is 0 Å². The molecule has 3 nitrogen and oxygen atoms in total. The molecule has 3 aromatic heterocycles. The summed E-state index contributed by atoms with van der Waals surface area (Å²) in [5, 5.41) is 0. The summed E-state index contributed by atoms with van der Waals surface area (Å²) in [6.45, 7) is 14.5. The first-order valence-electron chi connectivity index (χ1n) is 16.2. The lowest BCUT2D eigenvalue weighted by Crippen LogP contribution is -2.50. The van der Waals surface area contributed by atoms with E-state index in [0.29, 0.717) is 34.5 Å². The molecule has 0 unspecified atom stereocenters. The Hall–Kier alpha value is -2.55. The summed E-state index contributed by atoms with van der Waals surface area (Å²) in [6, 6.07) is 15.6. The third-order valence-electron chi connectivity index (χ3n) is 12.0. The average molecular weight is 534 g/mol. The van der Waals surface area contributed by atoms with Crippen LogP contribution in [0.15, 0.2) is 42.5 Å². The highest BCUT2D eigenvalue weighted by Gasteiger charge is 2.58. The van der Waals surface area contributed by atoms with Gasteiger partial charge in [-0.25, -0.2) is 4.98 Å². The highest BCUT2D eigenvalue weighted by molar-refractivity contribution is 5.63. The van der Waals surface area contributed by atoms with E-state index in [9.17, 15) is 0 Å². The van der Waals surface area contributed by atoms with Gasteiger partial charge in [-0.05, 0) is 95.6 Å². The minimum atomic E-state index is 0.398. The zero-order valence-corrected chi connectivity index (χ0v) is 25.5. The Labute approximate surface area is 241 Å². The maximum atomic E-state index is 5.36. The van der Waals surface area contributed by atoms with E-state index >= 15 is 0 Å². The molecular weight excluding hydrogens is 486 g/mol. The molecule has 0 saturated heterocycles. The summed E-state index contributed by atoms with van der Waals surface area (Å²) in [7, 11) is 0. The van der Waals surface area contributed by atoms with Crippen molar-refractivity contribution in [2.45, 2.75) is 117 Å². The quantitative estimate of drug-likeness (QED) is 0.289. The molecule has 0 aromatic carbocycles. The molecular formula is C37H47N3. The van der Waals surface area contributed by atoms with Crippen LogP contribution >= 0.6 is 0 Å². The van der Waals surface area contributed by atoms with Gasteiger partial charge >= 0.3 is 0 Å². The van der Waals surface area contributed by atoms with Crippen LogP contribution in [0.3, 0.4) is 0 Å². The monoisotopic (exact) mass is 533 g/mol. The molecule has 2 fully saturated rings. The Morgan fingerprint density at radius 1 is 0.600 bits per heavy atom. The highest BCUT2D eigenvalue weighted by Crippen LogP contribution is 2.68. The van der Waals surface area contributed by atoms with Crippen LogP contribution in [-0.2, 0) is 0 Å². The van der Waals surface area contributed by atoms with Crippen molar-refractivity contribution in [3.8, 4) is 22.8 Å². The zero-order chi connectivity index (χ0) is 27.8. The first-order chi connectivity index (χ1) is 19.3. The predicted octanol–water partition coefficient (Wildman–Crippen LogP) is 10.0. The molecule has 3 heterocycles. The molecule has 6 aliphatic carbocycles. The first-order valence-corrected chi connectivity index (χ1v) is 16.2. The molecule has 6 atom stereocenters. The lowest BCUT2D eigenvalue weighted by atomic mass is 9.44. The van der Waals surface area contributed by atoms with E-state index in [0.717, 1.165) is 34.6 Å². The first kappa shape index (κ1) is 26.4. The van der Waals surface area contributed by atoms with Crippen LogP contribution in [0.1, 0.15) is 139 Å². The van der Waals surface area contributed by atoms with Gasteiger partial charge in [-0.1, -0.05) is 85.4 Å². The van der Waals surface area contributed by atoms with Crippen molar-refractivity contribution in [2.75, 3.05) is 0 Å². The fourth-order valence-electron chi connectivity index (χ4n) is 9.40. The van der Waals surface area contributed by atoms with E-state index in [1.54, 1.807) is 0 Å². The Morgan fingerprint density at radius 3 is 1.43 bits per heavy atom. The molecule has 0 aliphatic heterocycles. The zero-order valence-electron chi connectivity index (χ0n) is 25.5. The van der Waals surface area contributed by atoms with E-state index in [-0.39, 0.29) is 0 Å². The molecule has 0 spiro atoms. The second-order valence-electron chi connectivity index (χ2n) is 14.7. The Kier molecular flexibility index (Phi) is 6.26. The predicted molar refractivity (Wildman–Crippen MR) is 164 cm³/mol. The Bertz CT molecular complexity index is 1330. The van der Waals surface area contributed by atoms with Crippen LogP contribution in [0.5, 0.6) is 0 Å². The minimum Gasteiger partial charge on any atom is -0.251 e. The summed E-state index contributed by atoms with van der Waals surface area (Å²) < 4.78 is 0. The normalized spacial score (nSPS) is 30.1. The van der Waals surface area contributed by atoms with E-state index in [1.807, 2.05) is 0 Å². The van der Waals surface area contributed by atoms with Crippen molar-refractivity contribution in [1.82, 2.24) is 15.0 Å². The highest BCUT2D eigenvalue weighted by atomic mass is 14.9. The van der Waals surface area contributed by atoms with Crippen molar-refractivity contribution in [3.63, 3.8) is 0 Å². The molecule has 9 rings (SSSR count). The summed E-state index contributed by atoms with van der Waals surface area (Å²) in [5.74, 6) is 3.99. The molecule has 210 valence electrons. The molecule has 3 aromatic rings. The van der Waals surface area contributed by atoms with Gasteiger partial charge in [0.15, 0.2) is 0 Å². The van der Waals surface area contributed by atoms with Gasteiger partial charge in [0.25, 0.3) is 0 Å². The van der Waals surface area contributed by atoms with Crippen LogP contribution in [0, 0.1) is 22.7 Å². The molecule has 6 aliphatic rings. The summed E-state index contributed by atoms with van der Waals surface area (Å²) in [6.07, 6.45) is 10.2. The largest absolute Gasteiger partial charge is 0.251 e. The number of aromatic nitrogens is 3. The molecule has 4 bridgehead atoms. The van der Waals surface area contributed by atoms with Crippen molar-refractivity contribution in [1.29, 1.82) is 0 Å². The molecule has 0 amide bonds. The second-order valence-corrected chi connectivity index (χ2v) is 14.7. The lowest BCUT2D eigenvalue weighted by Gasteiger charge is -2.60. The van der Waals surface area contributed by atoms with Crippen LogP contribution in [0.4, 0.5) is 0 Å². The molecule has 3 heteroatoms. The average Bonchev–Trinajstić information content (AvgIpc) is 2.97. The van der Waals surface area contributed by atoms with Gasteiger partial charge in [0.05, 0.1) is 22.8 Å². The smallest absolute Gasteiger partial charge is 0.0894 e. The molecule has 0 N–H and O–H groups in total. The number of pyridine rings is 3. The SMILES string of the molecule is CCCC[C@H]1c2nc(-c3cccc(-c4ccc5c(n4)[C@H](CCCC)[C@@H]4C[C@H]5C4(C)C)n3)ccc2[C@H]2C[C@@H]1C2(C)C. The van der Waals surface area contributed by atoms with E-state index in [1.165, 1.54) is 73.9 Å². The Balaban J connectivity index is 1.23. The van der Waals surface area contributed by atoms with Gasteiger partial charge in [-0.3, -0.25) is 9.97 Å².